The molecule has 1 atom stereocenters. The molecule has 2 N–H and O–H groups in total. The monoisotopic (exact) mass is 393 g/mol. The van der Waals surface area contributed by atoms with E-state index in [0.29, 0.717) is 6.61 Å². The molecular formula is C21H35N3O4. The number of methoxy groups -OCH3 is 1. The van der Waals surface area contributed by atoms with Crippen molar-refractivity contribution in [1.82, 2.24) is 10.6 Å². The molecule has 1 unspecified atom stereocenters. The summed E-state index contributed by atoms with van der Waals surface area (Å²) in [4.78, 5) is 4.27. The first-order valence-corrected chi connectivity index (χ1v) is 10.2. The molecule has 158 valence electrons. The summed E-state index contributed by atoms with van der Waals surface area (Å²) in [5.41, 5.74) is 1.24. The lowest BCUT2D eigenvalue weighted by atomic mass is 10.1. The number of aryl methyl sites for hydroxylation is 1. The van der Waals surface area contributed by atoms with Crippen molar-refractivity contribution in [3.8, 4) is 11.5 Å². The third-order valence-electron chi connectivity index (χ3n) is 4.54. The molecule has 1 saturated heterocycles. The van der Waals surface area contributed by atoms with E-state index in [-0.39, 0.29) is 6.10 Å². The summed E-state index contributed by atoms with van der Waals surface area (Å²) < 4.78 is 22.0. The SMILES string of the molecule is CCOc1cc(CCCNC(=NC)NCCCOC2CCOC2)ccc1OC. The van der Waals surface area contributed by atoms with Gasteiger partial charge in [0.25, 0.3) is 0 Å². The lowest BCUT2D eigenvalue weighted by Gasteiger charge is -2.14. The van der Waals surface area contributed by atoms with Gasteiger partial charge in [0.1, 0.15) is 0 Å². The number of nitrogens with one attached hydrogen (secondary N) is 2. The van der Waals surface area contributed by atoms with E-state index >= 15 is 0 Å². The molecule has 1 heterocycles. The predicted molar refractivity (Wildman–Crippen MR) is 112 cm³/mol. The second kappa shape index (κ2) is 13.2. The van der Waals surface area contributed by atoms with Crippen LogP contribution in [0.5, 0.6) is 11.5 Å². The summed E-state index contributed by atoms with van der Waals surface area (Å²) in [5.74, 6) is 2.41. The van der Waals surface area contributed by atoms with Gasteiger partial charge in [-0.25, -0.2) is 0 Å². The number of hydrogen-bond acceptors (Lipinski definition) is 5. The Hall–Kier alpha value is -1.99. The number of guanidine groups is 1. The van der Waals surface area contributed by atoms with Gasteiger partial charge in [-0.15, -0.1) is 0 Å². The van der Waals surface area contributed by atoms with E-state index in [4.69, 9.17) is 18.9 Å². The molecule has 1 fully saturated rings. The maximum atomic E-state index is 5.76. The van der Waals surface area contributed by atoms with Crippen LogP contribution < -0.4 is 20.1 Å². The van der Waals surface area contributed by atoms with Crippen LogP contribution >= 0.6 is 0 Å². The van der Waals surface area contributed by atoms with Gasteiger partial charge >= 0.3 is 0 Å². The molecule has 7 heteroatoms. The van der Waals surface area contributed by atoms with Gasteiger partial charge in [-0.1, -0.05) is 6.07 Å². The summed E-state index contributed by atoms with van der Waals surface area (Å²) in [5, 5.41) is 6.68. The maximum absolute atomic E-state index is 5.76. The third-order valence-corrected chi connectivity index (χ3v) is 4.54. The highest BCUT2D eigenvalue weighted by Gasteiger charge is 2.15. The van der Waals surface area contributed by atoms with Crippen LogP contribution in [0.25, 0.3) is 0 Å². The molecule has 28 heavy (non-hydrogen) atoms. The van der Waals surface area contributed by atoms with Gasteiger partial charge < -0.3 is 29.6 Å². The molecule has 0 saturated carbocycles. The van der Waals surface area contributed by atoms with Gasteiger partial charge in [0.15, 0.2) is 17.5 Å². The second-order valence-corrected chi connectivity index (χ2v) is 6.66. The summed E-state index contributed by atoms with van der Waals surface area (Å²) in [6.45, 7) is 6.60. The lowest BCUT2D eigenvalue weighted by molar-refractivity contribution is 0.0420. The maximum Gasteiger partial charge on any atom is 0.190 e. The Kier molecular flexibility index (Phi) is 10.5. The number of aliphatic imine (C=N–C) groups is 1. The van der Waals surface area contributed by atoms with Gasteiger partial charge in [0, 0.05) is 33.4 Å². The van der Waals surface area contributed by atoms with E-state index in [9.17, 15) is 0 Å². The van der Waals surface area contributed by atoms with Crippen LogP contribution in [0.4, 0.5) is 0 Å². The molecule has 2 rings (SSSR count). The highest BCUT2D eigenvalue weighted by molar-refractivity contribution is 5.79. The van der Waals surface area contributed by atoms with E-state index in [2.05, 4.69) is 27.8 Å². The van der Waals surface area contributed by atoms with Crippen molar-refractivity contribution in [2.45, 2.75) is 38.7 Å². The van der Waals surface area contributed by atoms with Gasteiger partial charge in [-0.05, 0) is 50.3 Å². The Bertz CT molecular complexity index is 589. The van der Waals surface area contributed by atoms with E-state index in [1.165, 1.54) is 5.56 Å². The fourth-order valence-corrected chi connectivity index (χ4v) is 3.04. The van der Waals surface area contributed by atoms with Crippen molar-refractivity contribution < 1.29 is 18.9 Å². The minimum atomic E-state index is 0.277. The molecule has 0 aromatic heterocycles. The number of rotatable bonds is 12. The van der Waals surface area contributed by atoms with E-state index in [1.807, 2.05) is 13.0 Å². The molecule has 7 nitrogen and oxygen atoms in total. The zero-order valence-corrected chi connectivity index (χ0v) is 17.5. The highest BCUT2D eigenvalue weighted by atomic mass is 16.5. The molecule has 0 amide bonds. The summed E-state index contributed by atoms with van der Waals surface area (Å²) in [7, 11) is 3.45. The van der Waals surface area contributed by atoms with Crippen molar-refractivity contribution in [3.05, 3.63) is 23.8 Å². The third kappa shape index (κ3) is 7.94. The standard InChI is InChI=1S/C21H35N3O4/c1-4-27-20-15-17(8-9-19(20)25-3)7-5-11-23-21(22-2)24-12-6-13-28-18-10-14-26-16-18/h8-9,15,18H,4-7,10-14,16H2,1-3H3,(H2,22,23,24). The quantitative estimate of drug-likeness (QED) is 0.323. The fraction of sp³-hybridized carbons (Fsp3) is 0.667. The van der Waals surface area contributed by atoms with E-state index < -0.39 is 0 Å². The number of benzene rings is 1. The zero-order chi connectivity index (χ0) is 20.0. The minimum Gasteiger partial charge on any atom is -0.493 e. The van der Waals surface area contributed by atoms with Crippen LogP contribution in [0.15, 0.2) is 23.2 Å². The van der Waals surface area contributed by atoms with Gasteiger partial charge in [-0.3, -0.25) is 4.99 Å². The number of nitrogens with zero attached hydrogens (tertiary/aromatic N) is 1. The van der Waals surface area contributed by atoms with E-state index in [1.54, 1.807) is 14.2 Å². The molecule has 0 radical (unpaired) electrons. The normalized spacial score (nSPS) is 16.8. The van der Waals surface area contributed by atoms with Crippen LogP contribution in [-0.4, -0.2) is 65.7 Å². The van der Waals surface area contributed by atoms with Crippen molar-refractivity contribution >= 4 is 5.96 Å². The van der Waals surface area contributed by atoms with Crippen LogP contribution in [0.2, 0.25) is 0 Å². The fourth-order valence-electron chi connectivity index (χ4n) is 3.04. The van der Waals surface area contributed by atoms with Crippen LogP contribution in [-0.2, 0) is 15.9 Å². The molecule has 0 bridgehead atoms. The van der Waals surface area contributed by atoms with Crippen LogP contribution in [0.3, 0.4) is 0 Å². The van der Waals surface area contributed by atoms with Crippen molar-refractivity contribution in [2.24, 2.45) is 4.99 Å². The topological polar surface area (TPSA) is 73.3 Å². The Labute approximate surface area is 168 Å². The molecule has 1 aliphatic rings. The second-order valence-electron chi connectivity index (χ2n) is 6.66. The van der Waals surface area contributed by atoms with Crippen LogP contribution in [0, 0.1) is 0 Å². The summed E-state index contributed by atoms with van der Waals surface area (Å²) in [6, 6.07) is 6.11. The molecule has 0 aliphatic carbocycles. The van der Waals surface area contributed by atoms with Crippen molar-refractivity contribution in [2.75, 3.05) is 53.7 Å². The Balaban J connectivity index is 1.59. The number of hydrogen-bond donors (Lipinski definition) is 2. The van der Waals surface area contributed by atoms with E-state index in [0.717, 1.165) is 76.1 Å². The van der Waals surface area contributed by atoms with Crippen molar-refractivity contribution in [1.29, 1.82) is 0 Å². The largest absolute Gasteiger partial charge is 0.493 e. The van der Waals surface area contributed by atoms with Crippen molar-refractivity contribution in [3.63, 3.8) is 0 Å². The summed E-state index contributed by atoms with van der Waals surface area (Å²) >= 11 is 0. The predicted octanol–water partition coefficient (Wildman–Crippen LogP) is 2.39. The average Bonchev–Trinajstić information content (AvgIpc) is 3.23. The Morgan fingerprint density at radius 1 is 1.21 bits per heavy atom. The first-order valence-electron chi connectivity index (χ1n) is 10.2. The minimum absolute atomic E-state index is 0.277. The Morgan fingerprint density at radius 2 is 2.04 bits per heavy atom. The molecule has 1 aromatic rings. The highest BCUT2D eigenvalue weighted by Crippen LogP contribution is 2.28. The zero-order valence-electron chi connectivity index (χ0n) is 17.5. The molecular weight excluding hydrogens is 358 g/mol. The smallest absolute Gasteiger partial charge is 0.190 e. The number of ether oxygens (including phenoxy) is 4. The van der Waals surface area contributed by atoms with Gasteiger partial charge in [0.05, 0.1) is 26.4 Å². The summed E-state index contributed by atoms with van der Waals surface area (Å²) in [6.07, 6.45) is 4.20. The first kappa shape index (κ1) is 22.3. The average molecular weight is 394 g/mol. The molecule has 0 spiro atoms. The molecule has 1 aliphatic heterocycles. The first-order chi connectivity index (χ1) is 13.8. The lowest BCUT2D eigenvalue weighted by Crippen LogP contribution is -2.38. The van der Waals surface area contributed by atoms with Gasteiger partial charge in [-0.2, -0.15) is 0 Å². The van der Waals surface area contributed by atoms with Crippen LogP contribution in [0.1, 0.15) is 31.7 Å². The Morgan fingerprint density at radius 3 is 2.71 bits per heavy atom. The van der Waals surface area contributed by atoms with Gasteiger partial charge in [0.2, 0.25) is 0 Å². The molecule has 1 aromatic carbocycles.